The van der Waals surface area contributed by atoms with Gasteiger partial charge in [0.2, 0.25) is 0 Å². The van der Waals surface area contributed by atoms with Crippen molar-refractivity contribution in [1.82, 2.24) is 4.90 Å². The molecule has 3 aromatic carbocycles. The second-order valence-corrected chi connectivity index (χ2v) is 9.25. The van der Waals surface area contributed by atoms with Gasteiger partial charge in [-0.05, 0) is 60.9 Å². The SMILES string of the molecule is Cc1ccc(NS(=O)(=O)c2cc(C(=O)N(C)Cc3ccccc3)ccc2Cl)cc1C. The highest BCUT2D eigenvalue weighted by molar-refractivity contribution is 7.92. The van der Waals surface area contributed by atoms with Crippen molar-refractivity contribution in [1.29, 1.82) is 0 Å². The van der Waals surface area contributed by atoms with Crippen LogP contribution in [0.3, 0.4) is 0 Å². The molecule has 3 rings (SSSR count). The van der Waals surface area contributed by atoms with E-state index in [9.17, 15) is 13.2 Å². The Morgan fingerprint density at radius 2 is 1.67 bits per heavy atom. The molecular formula is C23H23ClN2O3S. The van der Waals surface area contributed by atoms with E-state index in [-0.39, 0.29) is 21.4 Å². The van der Waals surface area contributed by atoms with Crippen LogP contribution in [-0.4, -0.2) is 26.3 Å². The summed E-state index contributed by atoms with van der Waals surface area (Å²) in [6.07, 6.45) is 0. The Hall–Kier alpha value is -2.83. The molecule has 3 aromatic rings. The summed E-state index contributed by atoms with van der Waals surface area (Å²) in [6.45, 7) is 4.26. The summed E-state index contributed by atoms with van der Waals surface area (Å²) in [4.78, 5) is 14.2. The molecular weight excluding hydrogens is 420 g/mol. The van der Waals surface area contributed by atoms with Gasteiger partial charge in [-0.3, -0.25) is 9.52 Å². The van der Waals surface area contributed by atoms with E-state index in [1.54, 1.807) is 19.2 Å². The molecule has 7 heteroatoms. The van der Waals surface area contributed by atoms with Crippen molar-refractivity contribution in [2.24, 2.45) is 0 Å². The van der Waals surface area contributed by atoms with Gasteiger partial charge in [-0.25, -0.2) is 8.42 Å². The number of carbonyl (C=O) groups is 1. The molecule has 0 saturated heterocycles. The number of hydrogen-bond donors (Lipinski definition) is 1. The van der Waals surface area contributed by atoms with Gasteiger partial charge in [-0.2, -0.15) is 0 Å². The molecule has 0 atom stereocenters. The third kappa shape index (κ3) is 5.01. The largest absolute Gasteiger partial charge is 0.337 e. The molecule has 0 aromatic heterocycles. The predicted molar refractivity (Wildman–Crippen MR) is 120 cm³/mol. The Kier molecular flexibility index (Phi) is 6.48. The summed E-state index contributed by atoms with van der Waals surface area (Å²) >= 11 is 6.17. The molecule has 0 saturated carbocycles. The Balaban J connectivity index is 1.86. The summed E-state index contributed by atoms with van der Waals surface area (Å²) in [6, 6.07) is 19.1. The van der Waals surface area contributed by atoms with Crippen molar-refractivity contribution in [3.63, 3.8) is 0 Å². The van der Waals surface area contributed by atoms with Gasteiger partial charge in [0.25, 0.3) is 15.9 Å². The Morgan fingerprint density at radius 1 is 0.967 bits per heavy atom. The minimum Gasteiger partial charge on any atom is -0.337 e. The van der Waals surface area contributed by atoms with Crippen molar-refractivity contribution in [2.75, 3.05) is 11.8 Å². The van der Waals surface area contributed by atoms with Crippen molar-refractivity contribution in [3.8, 4) is 0 Å². The number of sulfonamides is 1. The lowest BCUT2D eigenvalue weighted by Crippen LogP contribution is -2.26. The summed E-state index contributed by atoms with van der Waals surface area (Å²) in [5, 5.41) is 0.0496. The van der Waals surface area contributed by atoms with E-state index >= 15 is 0 Å². The van der Waals surface area contributed by atoms with Crippen LogP contribution in [0.15, 0.2) is 71.6 Å². The normalized spacial score (nSPS) is 11.2. The zero-order chi connectivity index (χ0) is 21.9. The molecule has 0 spiro atoms. The molecule has 0 fully saturated rings. The molecule has 156 valence electrons. The number of hydrogen-bond acceptors (Lipinski definition) is 3. The molecule has 5 nitrogen and oxygen atoms in total. The summed E-state index contributed by atoms with van der Waals surface area (Å²) < 4.78 is 28.4. The van der Waals surface area contributed by atoms with E-state index in [4.69, 9.17) is 11.6 Å². The van der Waals surface area contributed by atoms with Crippen LogP contribution in [0.1, 0.15) is 27.0 Å². The summed E-state index contributed by atoms with van der Waals surface area (Å²) in [5.41, 5.74) is 3.69. The van der Waals surface area contributed by atoms with E-state index < -0.39 is 10.0 Å². The second-order valence-electron chi connectivity index (χ2n) is 7.20. The third-order valence-electron chi connectivity index (χ3n) is 4.84. The number of aryl methyl sites for hydroxylation is 2. The first kappa shape index (κ1) is 21.9. The van der Waals surface area contributed by atoms with Gasteiger partial charge in [0.1, 0.15) is 4.90 Å². The molecule has 0 aliphatic heterocycles. The maximum atomic E-state index is 12.9. The molecule has 30 heavy (non-hydrogen) atoms. The maximum Gasteiger partial charge on any atom is 0.263 e. The van der Waals surface area contributed by atoms with Gasteiger partial charge in [0.15, 0.2) is 0 Å². The minimum atomic E-state index is -3.97. The maximum absolute atomic E-state index is 12.9. The zero-order valence-electron chi connectivity index (χ0n) is 17.0. The topological polar surface area (TPSA) is 66.5 Å². The van der Waals surface area contributed by atoms with Gasteiger partial charge >= 0.3 is 0 Å². The lowest BCUT2D eigenvalue weighted by molar-refractivity contribution is 0.0785. The zero-order valence-corrected chi connectivity index (χ0v) is 18.6. The van der Waals surface area contributed by atoms with Gasteiger partial charge in [0.05, 0.1) is 5.02 Å². The van der Waals surface area contributed by atoms with Gasteiger partial charge in [0, 0.05) is 24.8 Å². The van der Waals surface area contributed by atoms with E-state index in [2.05, 4.69) is 4.72 Å². The van der Waals surface area contributed by atoms with Crippen LogP contribution in [0.25, 0.3) is 0 Å². The fourth-order valence-electron chi connectivity index (χ4n) is 3.01. The Bertz CT molecular complexity index is 1180. The molecule has 0 heterocycles. The highest BCUT2D eigenvalue weighted by Gasteiger charge is 2.22. The van der Waals surface area contributed by atoms with Crippen molar-refractivity contribution >= 4 is 33.2 Å². The number of amides is 1. The van der Waals surface area contributed by atoms with Crippen molar-refractivity contribution < 1.29 is 13.2 Å². The lowest BCUT2D eigenvalue weighted by Gasteiger charge is -2.18. The number of halogens is 1. The fraction of sp³-hybridized carbons (Fsp3) is 0.174. The van der Waals surface area contributed by atoms with Gasteiger partial charge < -0.3 is 4.90 Å². The molecule has 0 radical (unpaired) electrons. The first-order valence-corrected chi connectivity index (χ1v) is 11.2. The van der Waals surface area contributed by atoms with Crippen LogP contribution < -0.4 is 4.72 Å². The average molecular weight is 443 g/mol. The third-order valence-corrected chi connectivity index (χ3v) is 6.70. The Morgan fingerprint density at radius 3 is 2.33 bits per heavy atom. The number of anilines is 1. The monoisotopic (exact) mass is 442 g/mol. The van der Waals surface area contributed by atoms with Crippen LogP contribution >= 0.6 is 11.6 Å². The average Bonchev–Trinajstić information content (AvgIpc) is 2.71. The first-order chi connectivity index (χ1) is 14.2. The van der Waals surface area contributed by atoms with Gasteiger partial charge in [-0.15, -0.1) is 0 Å². The van der Waals surface area contributed by atoms with E-state index in [0.717, 1.165) is 16.7 Å². The van der Waals surface area contributed by atoms with E-state index in [0.29, 0.717) is 12.2 Å². The molecule has 0 bridgehead atoms. The minimum absolute atomic E-state index is 0.0496. The van der Waals surface area contributed by atoms with E-state index in [1.165, 1.54) is 23.1 Å². The lowest BCUT2D eigenvalue weighted by atomic mass is 10.1. The predicted octanol–water partition coefficient (Wildman–Crippen LogP) is 5.03. The van der Waals surface area contributed by atoms with Crippen molar-refractivity contribution in [2.45, 2.75) is 25.3 Å². The highest BCUT2D eigenvalue weighted by Crippen LogP contribution is 2.26. The fourth-order valence-corrected chi connectivity index (χ4v) is 4.58. The van der Waals surface area contributed by atoms with Crippen LogP contribution in [-0.2, 0) is 16.6 Å². The molecule has 1 N–H and O–H groups in total. The van der Waals surface area contributed by atoms with Crippen LogP contribution in [0, 0.1) is 13.8 Å². The van der Waals surface area contributed by atoms with Crippen LogP contribution in [0.2, 0.25) is 5.02 Å². The van der Waals surface area contributed by atoms with Crippen LogP contribution in [0.4, 0.5) is 5.69 Å². The molecule has 1 amide bonds. The number of nitrogens with one attached hydrogen (secondary N) is 1. The Labute approximate surface area is 182 Å². The summed E-state index contributed by atoms with van der Waals surface area (Å²) in [7, 11) is -2.29. The summed E-state index contributed by atoms with van der Waals surface area (Å²) in [5.74, 6) is -0.293. The van der Waals surface area contributed by atoms with E-state index in [1.807, 2.05) is 50.2 Å². The molecule has 0 aliphatic rings. The number of carbonyl (C=O) groups excluding carboxylic acids is 1. The first-order valence-electron chi connectivity index (χ1n) is 9.36. The standard InChI is InChI=1S/C23H23ClN2O3S/c1-16-9-11-20(13-17(16)2)25-30(28,29)22-14-19(10-12-21(22)24)23(27)26(3)15-18-7-5-4-6-8-18/h4-14,25H,15H2,1-3H3. The quantitative estimate of drug-likeness (QED) is 0.582. The van der Waals surface area contributed by atoms with Crippen molar-refractivity contribution in [3.05, 3.63) is 94.0 Å². The molecule has 0 aliphatic carbocycles. The van der Waals surface area contributed by atoms with Crippen LogP contribution in [0.5, 0.6) is 0 Å². The second kappa shape index (κ2) is 8.90. The number of rotatable bonds is 6. The number of benzene rings is 3. The number of nitrogens with zero attached hydrogens (tertiary/aromatic N) is 1. The highest BCUT2D eigenvalue weighted by atomic mass is 35.5. The van der Waals surface area contributed by atoms with Gasteiger partial charge in [-0.1, -0.05) is 48.0 Å². The smallest absolute Gasteiger partial charge is 0.263 e. The molecule has 0 unspecified atom stereocenters.